The van der Waals surface area contributed by atoms with Gasteiger partial charge in [0, 0.05) is 31.7 Å². The zero-order chi connectivity index (χ0) is 21.8. The third kappa shape index (κ3) is 4.45. The second kappa shape index (κ2) is 9.24. The van der Waals surface area contributed by atoms with Crippen LogP contribution in [0.5, 0.6) is 5.75 Å². The number of nitrogens with zero attached hydrogens (tertiary/aromatic N) is 2. The van der Waals surface area contributed by atoms with Gasteiger partial charge in [-0.3, -0.25) is 9.59 Å². The normalized spacial score (nSPS) is 16.5. The highest BCUT2D eigenvalue weighted by Gasteiger charge is 2.32. The van der Waals surface area contributed by atoms with Crippen LogP contribution >= 0.6 is 0 Å². The van der Waals surface area contributed by atoms with E-state index in [0.29, 0.717) is 18.8 Å². The van der Waals surface area contributed by atoms with E-state index in [1.807, 2.05) is 6.92 Å². The van der Waals surface area contributed by atoms with E-state index in [4.69, 9.17) is 4.74 Å². The minimum atomic E-state index is -0.643. The Morgan fingerprint density at radius 1 is 1.00 bits per heavy atom. The minimum absolute atomic E-state index is 0.0244. The van der Waals surface area contributed by atoms with E-state index in [2.05, 4.69) is 0 Å². The summed E-state index contributed by atoms with van der Waals surface area (Å²) in [4.78, 5) is 28.7. The minimum Gasteiger partial charge on any atom is -0.494 e. The Balaban J connectivity index is 1.70. The Labute approximate surface area is 175 Å². The molecule has 1 atom stereocenters. The maximum absolute atomic E-state index is 14.4. The van der Waals surface area contributed by atoms with Crippen molar-refractivity contribution in [3.8, 4) is 5.75 Å². The van der Waals surface area contributed by atoms with Gasteiger partial charge in [0.25, 0.3) is 11.8 Å². The summed E-state index contributed by atoms with van der Waals surface area (Å²) < 4.78 is 34.0. The monoisotopic (exact) mass is 416 g/mol. The fourth-order valence-electron chi connectivity index (χ4n) is 3.65. The largest absolute Gasteiger partial charge is 0.494 e. The zero-order valence-corrected chi connectivity index (χ0v) is 17.5. The van der Waals surface area contributed by atoms with Gasteiger partial charge in [-0.15, -0.1) is 0 Å². The molecule has 30 heavy (non-hydrogen) atoms. The molecule has 2 aromatic carbocycles. The average Bonchev–Trinajstić information content (AvgIpc) is 2.73. The lowest BCUT2D eigenvalue weighted by Crippen LogP contribution is -2.55. The van der Waals surface area contributed by atoms with E-state index < -0.39 is 23.4 Å². The Bertz CT molecular complexity index is 948. The maximum atomic E-state index is 14.4. The standard InChI is InChI=1S/C23H26F2N2O3/c1-4-16-6-8-19(20(24)12-16)23(29)27-11-10-26(14-15(27)3)22(28)18-9-7-17(30-5-2)13-21(18)25/h6-9,12-13,15H,4-5,10-11,14H2,1-3H3. The first kappa shape index (κ1) is 21.7. The molecule has 1 aliphatic heterocycles. The molecule has 0 aliphatic carbocycles. The molecule has 1 fully saturated rings. The molecule has 0 aromatic heterocycles. The Morgan fingerprint density at radius 3 is 2.27 bits per heavy atom. The molecule has 1 aliphatic rings. The molecule has 0 saturated carbocycles. The summed E-state index contributed by atoms with van der Waals surface area (Å²) in [6.07, 6.45) is 0.685. The number of rotatable bonds is 5. The molecular weight excluding hydrogens is 390 g/mol. The summed E-state index contributed by atoms with van der Waals surface area (Å²) in [7, 11) is 0. The lowest BCUT2D eigenvalue weighted by atomic mass is 10.1. The van der Waals surface area contributed by atoms with Crippen LogP contribution in [0.2, 0.25) is 0 Å². The Hall–Kier alpha value is -2.96. The van der Waals surface area contributed by atoms with Crippen molar-refractivity contribution in [1.29, 1.82) is 0 Å². The number of ether oxygens (including phenoxy) is 1. The molecule has 160 valence electrons. The number of aryl methyl sites for hydroxylation is 1. The number of benzene rings is 2. The number of amides is 2. The van der Waals surface area contributed by atoms with Crippen LogP contribution in [-0.2, 0) is 6.42 Å². The van der Waals surface area contributed by atoms with Crippen LogP contribution in [-0.4, -0.2) is 53.9 Å². The summed E-state index contributed by atoms with van der Waals surface area (Å²) in [5.41, 5.74) is 0.813. The molecule has 1 heterocycles. The fraction of sp³-hybridized carbons (Fsp3) is 0.391. The predicted molar refractivity (Wildman–Crippen MR) is 110 cm³/mol. The van der Waals surface area contributed by atoms with Crippen molar-refractivity contribution in [2.45, 2.75) is 33.2 Å². The molecule has 3 rings (SSSR count). The first-order chi connectivity index (χ1) is 14.3. The van der Waals surface area contributed by atoms with Gasteiger partial charge in [-0.25, -0.2) is 8.78 Å². The quantitative estimate of drug-likeness (QED) is 0.743. The molecule has 2 aromatic rings. The van der Waals surface area contributed by atoms with Crippen molar-refractivity contribution in [2.75, 3.05) is 26.2 Å². The van der Waals surface area contributed by atoms with Crippen LogP contribution in [0.15, 0.2) is 36.4 Å². The summed E-state index contributed by atoms with van der Waals surface area (Å²) in [5.74, 6) is -1.65. The van der Waals surface area contributed by atoms with Gasteiger partial charge >= 0.3 is 0 Å². The van der Waals surface area contributed by atoms with Gasteiger partial charge in [0.15, 0.2) is 0 Å². The summed E-state index contributed by atoms with van der Waals surface area (Å²) >= 11 is 0. The van der Waals surface area contributed by atoms with Crippen LogP contribution < -0.4 is 4.74 Å². The molecule has 0 bridgehead atoms. The summed E-state index contributed by atoms with van der Waals surface area (Å²) in [6.45, 7) is 6.65. The number of halogens is 2. The lowest BCUT2D eigenvalue weighted by molar-refractivity contribution is 0.0409. The molecule has 0 radical (unpaired) electrons. The van der Waals surface area contributed by atoms with E-state index >= 15 is 0 Å². The van der Waals surface area contributed by atoms with E-state index in [-0.39, 0.29) is 36.8 Å². The third-order valence-corrected chi connectivity index (χ3v) is 5.33. The van der Waals surface area contributed by atoms with Gasteiger partial charge in [0.1, 0.15) is 17.4 Å². The number of piperazine rings is 1. The maximum Gasteiger partial charge on any atom is 0.257 e. The van der Waals surface area contributed by atoms with Crippen molar-refractivity contribution in [1.82, 2.24) is 9.80 Å². The van der Waals surface area contributed by atoms with Crippen molar-refractivity contribution in [3.63, 3.8) is 0 Å². The highest BCUT2D eigenvalue weighted by atomic mass is 19.1. The predicted octanol–water partition coefficient (Wildman–Crippen LogP) is 3.91. The second-order valence-corrected chi connectivity index (χ2v) is 7.34. The number of carbonyl (C=O) groups is 2. The van der Waals surface area contributed by atoms with E-state index in [0.717, 1.165) is 5.56 Å². The number of hydrogen-bond acceptors (Lipinski definition) is 3. The van der Waals surface area contributed by atoms with Crippen molar-refractivity contribution in [3.05, 3.63) is 64.7 Å². The van der Waals surface area contributed by atoms with Crippen molar-refractivity contribution >= 4 is 11.8 Å². The molecule has 2 amide bonds. The smallest absolute Gasteiger partial charge is 0.257 e. The highest BCUT2D eigenvalue weighted by Crippen LogP contribution is 2.22. The second-order valence-electron chi connectivity index (χ2n) is 7.34. The topological polar surface area (TPSA) is 49.9 Å². The Kier molecular flexibility index (Phi) is 6.70. The van der Waals surface area contributed by atoms with Gasteiger partial charge in [-0.1, -0.05) is 13.0 Å². The van der Waals surface area contributed by atoms with Crippen molar-refractivity contribution < 1.29 is 23.1 Å². The first-order valence-corrected chi connectivity index (χ1v) is 10.2. The average molecular weight is 416 g/mol. The third-order valence-electron chi connectivity index (χ3n) is 5.33. The zero-order valence-electron chi connectivity index (χ0n) is 17.5. The van der Waals surface area contributed by atoms with Gasteiger partial charge in [-0.2, -0.15) is 0 Å². The molecule has 0 N–H and O–H groups in total. The summed E-state index contributed by atoms with van der Waals surface area (Å²) in [5, 5.41) is 0. The van der Waals surface area contributed by atoms with E-state index in [1.54, 1.807) is 30.9 Å². The van der Waals surface area contributed by atoms with Gasteiger partial charge in [0.05, 0.1) is 17.7 Å². The lowest BCUT2D eigenvalue weighted by Gasteiger charge is -2.40. The first-order valence-electron chi connectivity index (χ1n) is 10.2. The van der Waals surface area contributed by atoms with Gasteiger partial charge in [-0.05, 0) is 50.1 Å². The van der Waals surface area contributed by atoms with Crippen LogP contribution in [0.3, 0.4) is 0 Å². The van der Waals surface area contributed by atoms with Crippen LogP contribution in [0.4, 0.5) is 8.78 Å². The molecule has 1 saturated heterocycles. The molecule has 1 unspecified atom stereocenters. The number of carbonyl (C=O) groups excluding carboxylic acids is 2. The molecular formula is C23H26F2N2O3. The van der Waals surface area contributed by atoms with E-state index in [1.165, 1.54) is 29.2 Å². The van der Waals surface area contributed by atoms with Crippen LogP contribution in [0.25, 0.3) is 0 Å². The van der Waals surface area contributed by atoms with Crippen molar-refractivity contribution in [2.24, 2.45) is 0 Å². The van der Waals surface area contributed by atoms with Gasteiger partial charge in [0.2, 0.25) is 0 Å². The van der Waals surface area contributed by atoms with E-state index in [9.17, 15) is 18.4 Å². The van der Waals surface area contributed by atoms with Gasteiger partial charge < -0.3 is 14.5 Å². The molecule has 5 nitrogen and oxygen atoms in total. The number of hydrogen-bond donors (Lipinski definition) is 0. The fourth-order valence-corrected chi connectivity index (χ4v) is 3.65. The molecule has 7 heteroatoms. The Morgan fingerprint density at radius 2 is 1.67 bits per heavy atom. The molecule has 0 spiro atoms. The highest BCUT2D eigenvalue weighted by molar-refractivity contribution is 5.96. The van der Waals surface area contributed by atoms with Crippen LogP contribution in [0, 0.1) is 11.6 Å². The summed E-state index contributed by atoms with van der Waals surface area (Å²) in [6, 6.07) is 8.48. The van der Waals surface area contributed by atoms with Crippen LogP contribution in [0.1, 0.15) is 47.1 Å². The SMILES string of the molecule is CCOc1ccc(C(=O)N2CCN(C(=O)c3ccc(CC)cc3F)C(C)C2)c(F)c1.